The predicted octanol–water partition coefficient (Wildman–Crippen LogP) is 1.84. The zero-order chi connectivity index (χ0) is 15.2. The lowest BCUT2D eigenvalue weighted by molar-refractivity contribution is -0.142. The van der Waals surface area contributed by atoms with Crippen molar-refractivity contribution in [2.24, 2.45) is 5.92 Å². The highest BCUT2D eigenvalue weighted by Crippen LogP contribution is 2.24. The number of hydrogen-bond acceptors (Lipinski definition) is 3. The first-order chi connectivity index (χ1) is 10.1. The molecule has 2 atom stereocenters. The van der Waals surface area contributed by atoms with Crippen molar-refractivity contribution in [3.8, 4) is 0 Å². The summed E-state index contributed by atoms with van der Waals surface area (Å²) in [7, 11) is 1.79. The highest BCUT2D eigenvalue weighted by molar-refractivity contribution is 5.77. The Morgan fingerprint density at radius 2 is 1.76 bits per heavy atom. The van der Waals surface area contributed by atoms with Crippen LogP contribution >= 0.6 is 0 Å². The van der Waals surface area contributed by atoms with Crippen molar-refractivity contribution in [3.05, 3.63) is 0 Å². The zero-order valence-electron chi connectivity index (χ0n) is 12.7. The van der Waals surface area contributed by atoms with Crippen LogP contribution < -0.4 is 5.32 Å². The van der Waals surface area contributed by atoms with Crippen LogP contribution in [0.15, 0.2) is 0 Å². The Morgan fingerprint density at radius 3 is 2.43 bits per heavy atom. The van der Waals surface area contributed by atoms with Gasteiger partial charge in [0.05, 0.1) is 5.92 Å². The Labute approximate surface area is 125 Å². The number of nitrogens with zero attached hydrogens (tertiary/aromatic N) is 1. The Morgan fingerprint density at radius 1 is 1.10 bits per heavy atom. The van der Waals surface area contributed by atoms with Crippen molar-refractivity contribution in [2.45, 2.75) is 57.0 Å². The number of urea groups is 1. The van der Waals surface area contributed by atoms with E-state index in [0.717, 1.165) is 38.5 Å². The third kappa shape index (κ3) is 4.33. The Bertz CT molecular complexity index is 369. The van der Waals surface area contributed by atoms with E-state index < -0.39 is 11.9 Å². The van der Waals surface area contributed by atoms with E-state index >= 15 is 0 Å². The van der Waals surface area contributed by atoms with Crippen molar-refractivity contribution in [3.63, 3.8) is 0 Å². The van der Waals surface area contributed by atoms with Gasteiger partial charge in [-0.2, -0.15) is 0 Å². The van der Waals surface area contributed by atoms with Crippen LogP contribution in [-0.4, -0.2) is 54.4 Å². The van der Waals surface area contributed by atoms with Gasteiger partial charge in [-0.05, 0) is 25.7 Å². The molecule has 2 unspecified atom stereocenters. The minimum Gasteiger partial charge on any atom is -0.481 e. The second-order valence-electron chi connectivity index (χ2n) is 6.09. The molecule has 2 fully saturated rings. The van der Waals surface area contributed by atoms with Gasteiger partial charge in [-0.3, -0.25) is 4.79 Å². The van der Waals surface area contributed by atoms with E-state index in [0.29, 0.717) is 19.6 Å². The van der Waals surface area contributed by atoms with Crippen molar-refractivity contribution in [1.29, 1.82) is 0 Å². The lowest BCUT2D eigenvalue weighted by Gasteiger charge is -2.33. The lowest BCUT2D eigenvalue weighted by atomic mass is 9.95. The smallest absolute Gasteiger partial charge is 0.317 e. The van der Waals surface area contributed by atoms with Gasteiger partial charge in [0.15, 0.2) is 0 Å². The fourth-order valence-electron chi connectivity index (χ4n) is 3.27. The van der Waals surface area contributed by atoms with E-state index in [4.69, 9.17) is 4.74 Å². The average molecular weight is 298 g/mol. The highest BCUT2D eigenvalue weighted by Gasteiger charge is 2.32. The lowest BCUT2D eigenvalue weighted by Crippen LogP contribution is -2.51. The molecule has 2 N–H and O–H groups in total. The number of nitrogens with one attached hydrogen (secondary N) is 1. The molecule has 1 saturated heterocycles. The normalized spacial score (nSPS) is 27.7. The number of aliphatic carboxylic acids is 1. The summed E-state index contributed by atoms with van der Waals surface area (Å²) in [5.74, 6) is -1.25. The fourth-order valence-corrected chi connectivity index (χ4v) is 3.27. The Hall–Kier alpha value is -1.30. The largest absolute Gasteiger partial charge is 0.481 e. The van der Waals surface area contributed by atoms with Gasteiger partial charge in [0.2, 0.25) is 0 Å². The van der Waals surface area contributed by atoms with Crippen LogP contribution in [0.4, 0.5) is 4.79 Å². The van der Waals surface area contributed by atoms with Gasteiger partial charge in [-0.15, -0.1) is 0 Å². The minimum atomic E-state index is -0.795. The van der Waals surface area contributed by atoms with Gasteiger partial charge in [0.1, 0.15) is 0 Å². The van der Waals surface area contributed by atoms with Crippen LogP contribution in [0, 0.1) is 5.92 Å². The molecule has 1 aliphatic carbocycles. The molecule has 6 nitrogen and oxygen atoms in total. The molecule has 2 aliphatic rings. The highest BCUT2D eigenvalue weighted by atomic mass is 16.5. The van der Waals surface area contributed by atoms with Crippen LogP contribution in [0.2, 0.25) is 0 Å². The molecule has 0 spiro atoms. The molecule has 1 saturated carbocycles. The van der Waals surface area contributed by atoms with E-state index in [9.17, 15) is 14.7 Å². The van der Waals surface area contributed by atoms with Crippen LogP contribution in [0.5, 0.6) is 0 Å². The van der Waals surface area contributed by atoms with E-state index in [2.05, 4.69) is 5.32 Å². The monoisotopic (exact) mass is 298 g/mol. The van der Waals surface area contributed by atoms with Crippen LogP contribution in [-0.2, 0) is 9.53 Å². The van der Waals surface area contributed by atoms with Crippen LogP contribution in [0.1, 0.15) is 44.9 Å². The maximum Gasteiger partial charge on any atom is 0.317 e. The van der Waals surface area contributed by atoms with Gasteiger partial charge in [0, 0.05) is 32.3 Å². The first-order valence-corrected chi connectivity index (χ1v) is 7.93. The topological polar surface area (TPSA) is 78.9 Å². The predicted molar refractivity (Wildman–Crippen MR) is 78.1 cm³/mol. The Balaban J connectivity index is 1.93. The zero-order valence-corrected chi connectivity index (χ0v) is 12.7. The molecule has 1 aliphatic heterocycles. The molecule has 0 radical (unpaired) electrons. The van der Waals surface area contributed by atoms with Crippen molar-refractivity contribution in [2.75, 3.05) is 20.3 Å². The van der Waals surface area contributed by atoms with Crippen molar-refractivity contribution in [1.82, 2.24) is 10.2 Å². The molecule has 2 rings (SSSR count). The molecular weight excluding hydrogens is 272 g/mol. The first kappa shape index (κ1) is 16.1. The summed E-state index contributed by atoms with van der Waals surface area (Å²) in [5, 5.41) is 12.3. The molecule has 0 bridgehead atoms. The number of carboxylic acids is 1. The number of ether oxygens (including phenoxy) is 1. The van der Waals surface area contributed by atoms with Crippen LogP contribution in [0.3, 0.4) is 0 Å². The molecule has 21 heavy (non-hydrogen) atoms. The van der Waals surface area contributed by atoms with E-state index in [1.165, 1.54) is 0 Å². The van der Waals surface area contributed by atoms with E-state index in [1.807, 2.05) is 0 Å². The summed E-state index contributed by atoms with van der Waals surface area (Å²) in [6.07, 6.45) is 6.06. The molecule has 1 heterocycles. The standard InChI is InChI=1S/C15H26N2O4/c1-17(11-7-9-21-10-8-11)15(20)16-13-6-4-2-3-5-12(13)14(18)19/h11-13H,2-10H2,1H3,(H,16,20)(H,18,19). The molecule has 2 amide bonds. The van der Waals surface area contributed by atoms with Gasteiger partial charge >= 0.3 is 12.0 Å². The number of carboxylic acid groups (broad SMARTS) is 1. The van der Waals surface area contributed by atoms with Gasteiger partial charge in [-0.1, -0.05) is 19.3 Å². The van der Waals surface area contributed by atoms with Crippen LogP contribution in [0.25, 0.3) is 0 Å². The molecule has 0 aromatic rings. The van der Waals surface area contributed by atoms with E-state index in [-0.39, 0.29) is 18.1 Å². The third-order valence-corrected chi connectivity index (χ3v) is 4.70. The number of hydrogen-bond donors (Lipinski definition) is 2. The average Bonchev–Trinajstić information content (AvgIpc) is 2.72. The molecule has 0 aromatic carbocycles. The Kier molecular flexibility index (Phi) is 5.85. The van der Waals surface area contributed by atoms with Gasteiger partial charge in [0.25, 0.3) is 0 Å². The minimum absolute atomic E-state index is 0.153. The second kappa shape index (κ2) is 7.64. The number of carbonyl (C=O) groups is 2. The number of carbonyl (C=O) groups excluding carboxylic acids is 1. The first-order valence-electron chi connectivity index (χ1n) is 7.93. The van der Waals surface area contributed by atoms with E-state index in [1.54, 1.807) is 11.9 Å². The molecule has 0 aromatic heterocycles. The molecule has 6 heteroatoms. The molecule has 120 valence electrons. The number of amides is 2. The summed E-state index contributed by atoms with van der Waals surface area (Å²) >= 11 is 0. The summed E-state index contributed by atoms with van der Waals surface area (Å²) in [6, 6.07) is -0.215. The van der Waals surface area contributed by atoms with Gasteiger partial charge < -0.3 is 20.1 Å². The third-order valence-electron chi connectivity index (χ3n) is 4.70. The quantitative estimate of drug-likeness (QED) is 0.779. The maximum absolute atomic E-state index is 12.4. The summed E-state index contributed by atoms with van der Waals surface area (Å²) in [4.78, 5) is 25.5. The van der Waals surface area contributed by atoms with Crippen molar-refractivity contribution >= 4 is 12.0 Å². The number of rotatable bonds is 3. The summed E-state index contributed by atoms with van der Waals surface area (Å²) < 4.78 is 5.31. The SMILES string of the molecule is CN(C(=O)NC1CCCCCC1C(=O)O)C1CCOCC1. The second-order valence-corrected chi connectivity index (χ2v) is 6.09. The summed E-state index contributed by atoms with van der Waals surface area (Å²) in [6.45, 7) is 1.37. The fraction of sp³-hybridized carbons (Fsp3) is 0.867. The van der Waals surface area contributed by atoms with Gasteiger partial charge in [-0.25, -0.2) is 4.79 Å². The maximum atomic E-state index is 12.4. The summed E-state index contributed by atoms with van der Waals surface area (Å²) in [5.41, 5.74) is 0. The molecular formula is C15H26N2O4. The van der Waals surface area contributed by atoms with Crippen molar-refractivity contribution < 1.29 is 19.4 Å².